The van der Waals surface area contributed by atoms with Gasteiger partial charge in [-0.25, -0.2) is 0 Å². The van der Waals surface area contributed by atoms with Crippen LogP contribution in [0.5, 0.6) is 0 Å². The zero-order valence-corrected chi connectivity index (χ0v) is 19.5. The van der Waals surface area contributed by atoms with Crippen LogP contribution in [0.25, 0.3) is 11.4 Å². The first-order valence-electron chi connectivity index (χ1n) is 11.4. The van der Waals surface area contributed by atoms with E-state index in [4.69, 9.17) is 4.52 Å². The van der Waals surface area contributed by atoms with Gasteiger partial charge in [0.15, 0.2) is 0 Å². The van der Waals surface area contributed by atoms with Gasteiger partial charge in [-0.05, 0) is 42.5 Å². The topological polar surface area (TPSA) is 62.5 Å². The SMILES string of the molecule is Cc1cccc(N2CCN(C(=O)CCc3nc(-c4ccc(C(C)C)cc4)no3)CC2)c1C. The largest absolute Gasteiger partial charge is 0.368 e. The number of rotatable bonds is 6. The summed E-state index contributed by atoms with van der Waals surface area (Å²) in [6.45, 7) is 11.8. The standard InChI is InChI=1S/C26H32N4O2/c1-18(2)21-8-10-22(11-9-21)26-27-24(32-28-26)12-13-25(31)30-16-14-29(15-17-30)23-7-5-6-19(3)20(23)4/h5-11,18H,12-17H2,1-4H3. The Kier molecular flexibility index (Phi) is 6.58. The molecule has 2 heterocycles. The molecule has 1 fully saturated rings. The summed E-state index contributed by atoms with van der Waals surface area (Å²) >= 11 is 0. The van der Waals surface area contributed by atoms with Crippen LogP contribution in [0.1, 0.15) is 48.8 Å². The number of anilines is 1. The molecule has 0 radical (unpaired) electrons. The highest BCUT2D eigenvalue weighted by molar-refractivity contribution is 5.76. The van der Waals surface area contributed by atoms with E-state index in [0.717, 1.165) is 31.7 Å². The molecule has 32 heavy (non-hydrogen) atoms. The molecule has 1 aromatic heterocycles. The molecule has 2 aromatic carbocycles. The van der Waals surface area contributed by atoms with Gasteiger partial charge in [-0.1, -0.05) is 55.4 Å². The van der Waals surface area contributed by atoms with Crippen LogP contribution in [0.15, 0.2) is 47.0 Å². The molecule has 168 valence electrons. The molecule has 0 atom stereocenters. The molecular weight excluding hydrogens is 400 g/mol. The number of aromatic nitrogens is 2. The van der Waals surface area contributed by atoms with E-state index in [1.807, 2.05) is 17.0 Å². The van der Waals surface area contributed by atoms with Crippen molar-refractivity contribution in [2.24, 2.45) is 0 Å². The molecular formula is C26H32N4O2. The quantitative estimate of drug-likeness (QED) is 0.562. The van der Waals surface area contributed by atoms with Gasteiger partial charge < -0.3 is 14.3 Å². The molecule has 0 unspecified atom stereocenters. The lowest BCUT2D eigenvalue weighted by Crippen LogP contribution is -2.49. The van der Waals surface area contributed by atoms with Crippen molar-refractivity contribution < 1.29 is 9.32 Å². The molecule has 6 nitrogen and oxygen atoms in total. The summed E-state index contributed by atoms with van der Waals surface area (Å²) in [5.41, 5.74) is 6.10. The maximum Gasteiger partial charge on any atom is 0.227 e. The summed E-state index contributed by atoms with van der Waals surface area (Å²) in [7, 11) is 0. The number of nitrogens with zero attached hydrogens (tertiary/aromatic N) is 4. The second-order valence-corrected chi connectivity index (χ2v) is 8.88. The first kappa shape index (κ1) is 22.1. The fourth-order valence-electron chi connectivity index (χ4n) is 4.14. The van der Waals surface area contributed by atoms with Crippen molar-refractivity contribution in [1.82, 2.24) is 15.0 Å². The minimum Gasteiger partial charge on any atom is -0.368 e. The van der Waals surface area contributed by atoms with Crippen LogP contribution >= 0.6 is 0 Å². The van der Waals surface area contributed by atoms with Crippen LogP contribution in [0.4, 0.5) is 5.69 Å². The molecule has 0 bridgehead atoms. The van der Waals surface area contributed by atoms with E-state index in [1.165, 1.54) is 22.4 Å². The molecule has 4 rings (SSSR count). The maximum absolute atomic E-state index is 12.7. The van der Waals surface area contributed by atoms with E-state index < -0.39 is 0 Å². The van der Waals surface area contributed by atoms with E-state index in [1.54, 1.807) is 0 Å². The van der Waals surface area contributed by atoms with E-state index in [9.17, 15) is 4.79 Å². The Labute approximate surface area is 190 Å². The molecule has 0 N–H and O–H groups in total. The van der Waals surface area contributed by atoms with E-state index in [-0.39, 0.29) is 5.91 Å². The predicted molar refractivity (Wildman–Crippen MR) is 127 cm³/mol. The number of carbonyl (C=O) groups is 1. The van der Waals surface area contributed by atoms with Crippen LogP contribution in [-0.2, 0) is 11.2 Å². The monoisotopic (exact) mass is 432 g/mol. The van der Waals surface area contributed by atoms with Gasteiger partial charge in [-0.2, -0.15) is 4.98 Å². The Morgan fingerprint density at radius 2 is 1.75 bits per heavy atom. The highest BCUT2D eigenvalue weighted by Crippen LogP contribution is 2.24. The number of amides is 1. The molecule has 1 saturated heterocycles. The fourth-order valence-corrected chi connectivity index (χ4v) is 4.14. The van der Waals surface area contributed by atoms with E-state index in [0.29, 0.717) is 30.5 Å². The lowest BCUT2D eigenvalue weighted by Gasteiger charge is -2.37. The van der Waals surface area contributed by atoms with Gasteiger partial charge in [0.1, 0.15) is 0 Å². The van der Waals surface area contributed by atoms with Crippen LogP contribution in [0.2, 0.25) is 0 Å². The highest BCUT2D eigenvalue weighted by atomic mass is 16.5. The smallest absolute Gasteiger partial charge is 0.227 e. The van der Waals surface area contributed by atoms with Gasteiger partial charge in [0.05, 0.1) is 0 Å². The zero-order chi connectivity index (χ0) is 22.7. The molecule has 1 amide bonds. The van der Waals surface area contributed by atoms with Gasteiger partial charge in [0.2, 0.25) is 17.6 Å². The minimum absolute atomic E-state index is 0.145. The molecule has 1 aliphatic heterocycles. The van der Waals surface area contributed by atoms with Gasteiger partial charge in [-0.3, -0.25) is 4.79 Å². The summed E-state index contributed by atoms with van der Waals surface area (Å²) in [5, 5.41) is 4.09. The van der Waals surface area contributed by atoms with E-state index in [2.05, 4.69) is 73.1 Å². The molecule has 0 saturated carbocycles. The lowest BCUT2D eigenvalue weighted by molar-refractivity contribution is -0.131. The summed E-state index contributed by atoms with van der Waals surface area (Å²) in [6.07, 6.45) is 0.852. The van der Waals surface area contributed by atoms with Crippen molar-refractivity contribution in [3.8, 4) is 11.4 Å². The molecule has 0 spiro atoms. The molecule has 0 aliphatic carbocycles. The van der Waals surface area contributed by atoms with Crippen LogP contribution in [0.3, 0.4) is 0 Å². The van der Waals surface area contributed by atoms with Gasteiger partial charge in [-0.15, -0.1) is 0 Å². The summed E-state index contributed by atoms with van der Waals surface area (Å²) in [6, 6.07) is 14.6. The second kappa shape index (κ2) is 9.55. The maximum atomic E-state index is 12.7. The fraction of sp³-hybridized carbons (Fsp3) is 0.423. The number of hydrogen-bond acceptors (Lipinski definition) is 5. The van der Waals surface area contributed by atoms with Crippen LogP contribution in [-0.4, -0.2) is 47.1 Å². The number of piperazine rings is 1. The summed E-state index contributed by atoms with van der Waals surface area (Å²) in [5.74, 6) is 1.71. The van der Waals surface area contributed by atoms with Crippen molar-refractivity contribution in [2.45, 2.75) is 46.5 Å². The first-order valence-corrected chi connectivity index (χ1v) is 11.4. The summed E-state index contributed by atoms with van der Waals surface area (Å²) in [4.78, 5) is 21.5. The van der Waals surface area contributed by atoms with Crippen molar-refractivity contribution >= 4 is 11.6 Å². The average molecular weight is 433 g/mol. The molecule has 1 aliphatic rings. The van der Waals surface area contributed by atoms with Crippen LogP contribution < -0.4 is 4.90 Å². The number of benzene rings is 2. The predicted octanol–water partition coefficient (Wildman–Crippen LogP) is 4.76. The van der Waals surface area contributed by atoms with Crippen molar-refractivity contribution in [2.75, 3.05) is 31.1 Å². The third kappa shape index (κ3) is 4.85. The number of hydrogen-bond donors (Lipinski definition) is 0. The van der Waals surface area contributed by atoms with Gasteiger partial charge >= 0.3 is 0 Å². The van der Waals surface area contributed by atoms with Gasteiger partial charge in [0.25, 0.3) is 0 Å². The Morgan fingerprint density at radius 3 is 2.44 bits per heavy atom. The molecule has 3 aromatic rings. The van der Waals surface area contributed by atoms with Crippen LogP contribution in [0, 0.1) is 13.8 Å². The third-order valence-corrected chi connectivity index (χ3v) is 6.41. The Balaban J connectivity index is 1.29. The van der Waals surface area contributed by atoms with Crippen molar-refractivity contribution in [3.63, 3.8) is 0 Å². The molecule has 6 heteroatoms. The number of carbonyl (C=O) groups excluding carboxylic acids is 1. The number of aryl methyl sites for hydroxylation is 2. The zero-order valence-electron chi connectivity index (χ0n) is 19.5. The minimum atomic E-state index is 0.145. The van der Waals surface area contributed by atoms with Gasteiger partial charge in [0, 0.05) is 50.3 Å². The third-order valence-electron chi connectivity index (χ3n) is 6.41. The Morgan fingerprint density at radius 1 is 1.03 bits per heavy atom. The lowest BCUT2D eigenvalue weighted by atomic mass is 10.0. The summed E-state index contributed by atoms with van der Waals surface area (Å²) < 4.78 is 5.39. The Bertz CT molecular complexity index is 1060. The first-order chi connectivity index (χ1) is 15.4. The van der Waals surface area contributed by atoms with Crippen molar-refractivity contribution in [1.29, 1.82) is 0 Å². The average Bonchev–Trinajstić information content (AvgIpc) is 3.28. The highest BCUT2D eigenvalue weighted by Gasteiger charge is 2.23. The van der Waals surface area contributed by atoms with Crippen molar-refractivity contribution in [3.05, 3.63) is 65.0 Å². The second-order valence-electron chi connectivity index (χ2n) is 8.88. The van der Waals surface area contributed by atoms with E-state index >= 15 is 0 Å². The normalized spacial score (nSPS) is 14.3. The Hall–Kier alpha value is -3.15.